The second kappa shape index (κ2) is 8.34. The SMILES string of the molecule is CCN(CC)C(=O)CN(C)C(=O)CSc1nnc2c(n1)[nH]c1ccccc12. The summed E-state index contributed by atoms with van der Waals surface area (Å²) >= 11 is 1.21. The van der Waals surface area contributed by atoms with Crippen molar-refractivity contribution >= 4 is 45.6 Å². The van der Waals surface area contributed by atoms with Gasteiger partial charge in [-0.15, -0.1) is 10.2 Å². The highest BCUT2D eigenvalue weighted by Gasteiger charge is 2.17. The summed E-state index contributed by atoms with van der Waals surface area (Å²) in [6, 6.07) is 7.79. The fraction of sp³-hybridized carbons (Fsp3) is 0.389. The molecule has 0 aliphatic heterocycles. The lowest BCUT2D eigenvalue weighted by Crippen LogP contribution is -2.41. The smallest absolute Gasteiger partial charge is 0.242 e. The molecule has 0 fully saturated rings. The normalized spacial score (nSPS) is 11.1. The van der Waals surface area contributed by atoms with Crippen molar-refractivity contribution < 1.29 is 9.59 Å². The number of nitrogens with one attached hydrogen (secondary N) is 1. The van der Waals surface area contributed by atoms with Crippen LogP contribution in [0.4, 0.5) is 0 Å². The molecule has 0 saturated heterocycles. The van der Waals surface area contributed by atoms with Crippen LogP contribution in [0.1, 0.15) is 13.8 Å². The summed E-state index contributed by atoms with van der Waals surface area (Å²) in [5.74, 6) is -0.0609. The Kier molecular flexibility index (Phi) is 5.90. The molecule has 0 atom stereocenters. The molecule has 0 aliphatic rings. The second-order valence-corrected chi connectivity index (χ2v) is 7.01. The first-order valence-electron chi connectivity index (χ1n) is 8.79. The molecular weight excluding hydrogens is 364 g/mol. The van der Waals surface area contributed by atoms with Crippen LogP contribution in [0, 0.1) is 0 Å². The molecule has 2 aromatic heterocycles. The van der Waals surface area contributed by atoms with Gasteiger partial charge >= 0.3 is 0 Å². The number of amides is 2. The third-order valence-electron chi connectivity index (χ3n) is 4.34. The van der Waals surface area contributed by atoms with Crippen molar-refractivity contribution in [3.05, 3.63) is 24.3 Å². The molecule has 0 saturated carbocycles. The van der Waals surface area contributed by atoms with E-state index in [2.05, 4.69) is 20.2 Å². The zero-order chi connectivity index (χ0) is 19.4. The molecule has 0 unspecified atom stereocenters. The van der Waals surface area contributed by atoms with Crippen LogP contribution in [0.5, 0.6) is 0 Å². The molecule has 0 spiro atoms. The quantitative estimate of drug-likeness (QED) is 0.624. The van der Waals surface area contributed by atoms with Gasteiger partial charge in [0.15, 0.2) is 5.65 Å². The zero-order valence-corrected chi connectivity index (χ0v) is 16.4. The van der Waals surface area contributed by atoms with Crippen LogP contribution in [-0.2, 0) is 9.59 Å². The number of nitrogens with zero attached hydrogens (tertiary/aromatic N) is 5. The summed E-state index contributed by atoms with van der Waals surface area (Å²) in [5.41, 5.74) is 2.30. The Bertz CT molecular complexity index is 969. The van der Waals surface area contributed by atoms with Crippen molar-refractivity contribution in [2.24, 2.45) is 0 Å². The van der Waals surface area contributed by atoms with Crippen molar-refractivity contribution in [3.8, 4) is 0 Å². The summed E-state index contributed by atoms with van der Waals surface area (Å²) < 4.78 is 0. The number of H-pyrrole nitrogens is 1. The Morgan fingerprint density at radius 3 is 2.59 bits per heavy atom. The number of rotatable bonds is 7. The molecule has 2 amide bonds. The first-order chi connectivity index (χ1) is 13.0. The number of carbonyl (C=O) groups is 2. The first-order valence-corrected chi connectivity index (χ1v) is 9.77. The Morgan fingerprint density at radius 2 is 1.85 bits per heavy atom. The van der Waals surface area contributed by atoms with Crippen molar-refractivity contribution in [3.63, 3.8) is 0 Å². The van der Waals surface area contributed by atoms with E-state index in [1.807, 2.05) is 38.1 Å². The van der Waals surface area contributed by atoms with Gasteiger partial charge in [-0.1, -0.05) is 30.0 Å². The van der Waals surface area contributed by atoms with E-state index in [-0.39, 0.29) is 24.1 Å². The van der Waals surface area contributed by atoms with E-state index in [4.69, 9.17) is 0 Å². The molecule has 8 nitrogen and oxygen atoms in total. The van der Waals surface area contributed by atoms with Crippen molar-refractivity contribution in [1.82, 2.24) is 30.0 Å². The summed E-state index contributed by atoms with van der Waals surface area (Å²) in [7, 11) is 1.63. The number of fused-ring (bicyclic) bond motifs is 3. The van der Waals surface area contributed by atoms with Gasteiger partial charge in [0.2, 0.25) is 17.0 Å². The van der Waals surface area contributed by atoms with Gasteiger partial charge in [-0.05, 0) is 19.9 Å². The van der Waals surface area contributed by atoms with E-state index in [0.29, 0.717) is 29.4 Å². The van der Waals surface area contributed by atoms with Gasteiger partial charge < -0.3 is 14.8 Å². The average Bonchev–Trinajstić information content (AvgIpc) is 3.04. The summed E-state index contributed by atoms with van der Waals surface area (Å²) in [6.45, 7) is 5.18. The van der Waals surface area contributed by atoms with Crippen LogP contribution >= 0.6 is 11.8 Å². The minimum atomic E-state index is -0.152. The number of carbonyl (C=O) groups excluding carboxylic acids is 2. The average molecular weight is 386 g/mol. The lowest BCUT2D eigenvalue weighted by atomic mass is 10.2. The molecule has 9 heteroatoms. The standard InChI is InChI=1S/C18H22N6O2S/c1-4-24(5-2)14(25)10-23(3)15(26)11-27-18-20-17-16(21-22-18)12-8-6-7-9-13(12)19-17/h6-9H,4-5,10-11H2,1-3H3,(H,19,20,22). The van der Waals surface area contributed by atoms with E-state index in [9.17, 15) is 9.59 Å². The number of thioether (sulfide) groups is 1. The topological polar surface area (TPSA) is 95.1 Å². The van der Waals surface area contributed by atoms with Crippen LogP contribution in [0.15, 0.2) is 29.4 Å². The van der Waals surface area contributed by atoms with Gasteiger partial charge in [0.25, 0.3) is 0 Å². The molecule has 142 valence electrons. The number of aromatic amines is 1. The molecule has 2 heterocycles. The van der Waals surface area contributed by atoms with Crippen molar-refractivity contribution in [1.29, 1.82) is 0 Å². The molecule has 0 radical (unpaired) electrons. The monoisotopic (exact) mass is 386 g/mol. The zero-order valence-electron chi connectivity index (χ0n) is 15.6. The lowest BCUT2D eigenvalue weighted by Gasteiger charge is -2.23. The van der Waals surface area contributed by atoms with Gasteiger partial charge in [0, 0.05) is 31.0 Å². The fourth-order valence-electron chi connectivity index (χ4n) is 2.77. The number of aromatic nitrogens is 4. The Labute approximate surface area is 161 Å². The molecular formula is C18H22N6O2S. The van der Waals surface area contributed by atoms with E-state index in [1.54, 1.807) is 11.9 Å². The maximum Gasteiger partial charge on any atom is 0.242 e. The molecule has 3 aromatic rings. The molecule has 3 rings (SSSR count). The van der Waals surface area contributed by atoms with Crippen LogP contribution in [-0.4, -0.2) is 74.2 Å². The van der Waals surface area contributed by atoms with Gasteiger partial charge in [-0.25, -0.2) is 4.98 Å². The minimum absolute atomic E-state index is 0.0572. The van der Waals surface area contributed by atoms with E-state index >= 15 is 0 Å². The summed E-state index contributed by atoms with van der Waals surface area (Å²) in [5, 5.41) is 9.74. The van der Waals surface area contributed by atoms with E-state index in [1.165, 1.54) is 16.7 Å². The number of benzene rings is 1. The van der Waals surface area contributed by atoms with E-state index in [0.717, 1.165) is 10.9 Å². The van der Waals surface area contributed by atoms with Crippen LogP contribution < -0.4 is 0 Å². The maximum absolute atomic E-state index is 12.3. The highest BCUT2D eigenvalue weighted by molar-refractivity contribution is 7.99. The molecule has 27 heavy (non-hydrogen) atoms. The van der Waals surface area contributed by atoms with Gasteiger partial charge in [-0.2, -0.15) is 0 Å². The Hall–Kier alpha value is -2.68. The van der Waals surface area contributed by atoms with E-state index < -0.39 is 0 Å². The number of likely N-dealkylation sites (N-methyl/N-ethyl adjacent to an activating group) is 2. The van der Waals surface area contributed by atoms with Crippen LogP contribution in [0.2, 0.25) is 0 Å². The predicted octanol–water partition coefficient (Wildman–Crippen LogP) is 1.93. The molecule has 0 aliphatic carbocycles. The van der Waals surface area contributed by atoms with Crippen molar-refractivity contribution in [2.75, 3.05) is 32.4 Å². The van der Waals surface area contributed by atoms with Gasteiger partial charge in [0.1, 0.15) is 5.52 Å². The minimum Gasteiger partial charge on any atom is -0.342 e. The fourth-order valence-corrected chi connectivity index (χ4v) is 3.50. The second-order valence-electron chi connectivity index (χ2n) is 6.07. The lowest BCUT2D eigenvalue weighted by molar-refractivity contribution is -0.137. The number of para-hydroxylation sites is 1. The first kappa shape index (κ1) is 19.1. The van der Waals surface area contributed by atoms with Gasteiger partial charge in [0.05, 0.1) is 12.3 Å². The third-order valence-corrected chi connectivity index (χ3v) is 5.16. The highest BCUT2D eigenvalue weighted by Crippen LogP contribution is 2.23. The maximum atomic E-state index is 12.3. The molecule has 1 N–H and O–H groups in total. The van der Waals surface area contributed by atoms with Crippen LogP contribution in [0.25, 0.3) is 22.1 Å². The van der Waals surface area contributed by atoms with Gasteiger partial charge in [-0.3, -0.25) is 9.59 Å². The number of hydrogen-bond donors (Lipinski definition) is 1. The Balaban J connectivity index is 1.63. The third kappa shape index (κ3) is 4.19. The highest BCUT2D eigenvalue weighted by atomic mass is 32.2. The summed E-state index contributed by atoms with van der Waals surface area (Å²) in [6.07, 6.45) is 0. The largest absolute Gasteiger partial charge is 0.342 e. The number of hydrogen-bond acceptors (Lipinski definition) is 6. The summed E-state index contributed by atoms with van der Waals surface area (Å²) in [4.78, 5) is 35.2. The van der Waals surface area contributed by atoms with Crippen LogP contribution in [0.3, 0.4) is 0 Å². The van der Waals surface area contributed by atoms with Crippen molar-refractivity contribution in [2.45, 2.75) is 19.0 Å². The predicted molar refractivity (Wildman–Crippen MR) is 105 cm³/mol. The molecule has 1 aromatic carbocycles. The Morgan fingerprint density at radius 1 is 1.11 bits per heavy atom. The molecule has 0 bridgehead atoms.